The first-order valence-corrected chi connectivity index (χ1v) is 32.5. The Kier molecular flexibility index (Phi) is 24.3. The van der Waals surface area contributed by atoms with Gasteiger partial charge in [0, 0.05) is 11.6 Å². The number of ketones is 4. The van der Waals surface area contributed by atoms with Crippen LogP contribution in [0, 0.1) is 106 Å². The minimum Gasteiger partial charge on any atom is -0.852 e. The molecule has 0 radical (unpaired) electrons. The van der Waals surface area contributed by atoms with Crippen LogP contribution in [0.15, 0.2) is 84.0 Å². The molecule has 0 amide bonds. The summed E-state index contributed by atoms with van der Waals surface area (Å²) in [6, 6.07) is 17.4. The Labute approximate surface area is 508 Å². The van der Waals surface area contributed by atoms with Crippen LogP contribution in [0.25, 0.3) is 0 Å². The Balaban J connectivity index is 0.000000186. The zero-order chi connectivity index (χ0) is 58.2. The molecule has 0 heterocycles. The number of hydrogen-bond acceptors (Lipinski definition) is 6. The van der Waals surface area contributed by atoms with Crippen molar-refractivity contribution < 1.29 is 51.1 Å². The normalized spacial score (nSPS) is 34.9. The summed E-state index contributed by atoms with van der Waals surface area (Å²) in [6.07, 6.45) is 35.2. The summed E-state index contributed by atoms with van der Waals surface area (Å²) >= 11 is 0. The summed E-state index contributed by atoms with van der Waals surface area (Å²) in [5.74, 6) is 9.84. The second-order valence-electron chi connectivity index (χ2n) is 29.3. The molecule has 6 fully saturated rings. The van der Waals surface area contributed by atoms with E-state index in [1.54, 1.807) is 59.7 Å². The summed E-state index contributed by atoms with van der Waals surface area (Å²) in [5.41, 5.74) is 6.07. The monoisotopic (exact) mass is 1140 g/mol. The molecule has 0 aromatic heterocycles. The fourth-order valence-corrected chi connectivity index (χ4v) is 19.0. The molecule has 7 heteroatoms. The van der Waals surface area contributed by atoms with Gasteiger partial charge in [-0.1, -0.05) is 180 Å². The van der Waals surface area contributed by atoms with E-state index >= 15 is 0 Å². The van der Waals surface area contributed by atoms with E-state index in [0.29, 0.717) is 32.8 Å². The maximum absolute atomic E-state index is 12.1. The minimum atomic E-state index is -0.327. The molecule has 16 atom stereocenters. The first kappa shape index (κ1) is 67.1. The largest absolute Gasteiger partial charge is 4.00 e. The van der Waals surface area contributed by atoms with Gasteiger partial charge in [0.15, 0.2) is 0 Å². The Morgan fingerprint density at radius 3 is 1.19 bits per heavy atom. The Bertz CT molecular complexity index is 2260. The number of fused-ring (bicyclic) bond motifs is 10. The van der Waals surface area contributed by atoms with Crippen LogP contribution in [-0.4, -0.2) is 35.3 Å². The summed E-state index contributed by atoms with van der Waals surface area (Å²) in [6.45, 7) is 27.8. The van der Waals surface area contributed by atoms with Crippen LogP contribution in [0.4, 0.5) is 0 Å². The van der Waals surface area contributed by atoms with E-state index in [9.17, 15) is 29.4 Å². The van der Waals surface area contributed by atoms with Gasteiger partial charge in [-0.15, -0.1) is 60.4 Å². The van der Waals surface area contributed by atoms with Crippen molar-refractivity contribution in [1.82, 2.24) is 0 Å². The molecule has 0 bridgehead atoms. The van der Waals surface area contributed by atoms with Gasteiger partial charge in [-0.3, -0.25) is 0 Å². The molecule has 81 heavy (non-hydrogen) atoms. The maximum atomic E-state index is 12.1. The van der Waals surface area contributed by atoms with Gasteiger partial charge in [-0.05, 0) is 196 Å². The molecule has 2 aromatic carbocycles. The van der Waals surface area contributed by atoms with Crippen molar-refractivity contribution in [2.45, 2.75) is 237 Å². The number of carbonyl (C=O) groups excluding carboxylic acids is 4. The summed E-state index contributed by atoms with van der Waals surface area (Å²) < 4.78 is 0. The molecule has 0 aliphatic heterocycles. The van der Waals surface area contributed by atoms with Crippen molar-refractivity contribution >= 4 is 23.1 Å². The van der Waals surface area contributed by atoms with Crippen molar-refractivity contribution in [3.63, 3.8) is 0 Å². The third kappa shape index (κ3) is 15.9. The van der Waals surface area contributed by atoms with Crippen LogP contribution < -0.4 is 10.2 Å². The average Bonchev–Trinajstić information content (AvgIpc) is 4.21. The summed E-state index contributed by atoms with van der Waals surface area (Å²) in [7, 11) is 0. The molecule has 0 N–H and O–H groups in total. The Hall–Kier alpha value is -3.03. The Morgan fingerprint density at radius 1 is 0.494 bits per heavy atom. The van der Waals surface area contributed by atoms with Crippen LogP contribution in [0.3, 0.4) is 0 Å². The van der Waals surface area contributed by atoms with E-state index < -0.39 is 0 Å². The van der Waals surface area contributed by atoms with E-state index in [1.807, 2.05) is 12.1 Å². The minimum absolute atomic E-state index is 0. The molecule has 444 valence electrons. The van der Waals surface area contributed by atoms with Gasteiger partial charge in [0.25, 0.3) is 0 Å². The first-order valence-electron chi connectivity index (χ1n) is 32.5. The van der Waals surface area contributed by atoms with Crippen LogP contribution in [-0.2, 0) is 31.3 Å². The van der Waals surface area contributed by atoms with Gasteiger partial charge in [0.05, 0.1) is 11.6 Å². The second-order valence-corrected chi connectivity index (χ2v) is 29.3. The standard InChI is InChI=1S/2C27H45O.2C10H9O2.Ti/c2*1-18(2)7-6-8-19(3)23-11-12-24-22-10-9-20-17-21(28)13-15-26(20,4)25(22)14-16-27(23,24)5;2*1-8(11)7-10(12)9-5-3-2-4-6-9;/h2*9,18-19,21-25H,6-8,10-17H2,1-5H3;2*2-7H,1H3;/q4*-1;+4/t2*19?,21-,22-,23+,24?,25?,26-,27+;;;/m00.../s1. The maximum Gasteiger partial charge on any atom is 4.00 e. The fraction of sp³-hybridized carbons (Fsp3) is 0.703. The summed E-state index contributed by atoms with van der Waals surface area (Å²) in [4.78, 5) is 43.5. The van der Waals surface area contributed by atoms with Gasteiger partial charge in [0.1, 0.15) is 0 Å². The molecule has 10 rings (SSSR count). The van der Waals surface area contributed by atoms with E-state index in [2.05, 4.69) is 81.4 Å². The third-order valence-corrected chi connectivity index (χ3v) is 23.3. The summed E-state index contributed by atoms with van der Waals surface area (Å²) in [5, 5.41) is 24.3. The zero-order valence-corrected chi connectivity index (χ0v) is 54.2. The van der Waals surface area contributed by atoms with Crippen molar-refractivity contribution in [2.24, 2.45) is 92.7 Å². The molecular weight excluding hydrogens is 1030 g/mol. The molecule has 2 aromatic rings. The van der Waals surface area contributed by atoms with Crippen molar-refractivity contribution in [3.8, 4) is 0 Å². The van der Waals surface area contributed by atoms with E-state index in [-0.39, 0.29) is 57.1 Å². The second kappa shape index (κ2) is 29.4. The van der Waals surface area contributed by atoms with Gasteiger partial charge in [0.2, 0.25) is 0 Å². The third-order valence-electron chi connectivity index (χ3n) is 23.3. The number of hydrogen-bond donors (Lipinski definition) is 0. The molecule has 6 nitrogen and oxygen atoms in total. The van der Waals surface area contributed by atoms with Gasteiger partial charge < -0.3 is 29.4 Å². The number of Topliss-reactive ketones (excluding diaryl/α,β-unsaturated/α-hetero) is 4. The quantitative estimate of drug-likeness (QED) is 0.0544. The zero-order valence-electron chi connectivity index (χ0n) is 52.7. The predicted molar refractivity (Wildman–Crippen MR) is 325 cm³/mol. The smallest absolute Gasteiger partial charge is 0.852 e. The number of rotatable bonds is 16. The van der Waals surface area contributed by atoms with Gasteiger partial charge in [-0.25, -0.2) is 0 Å². The first-order chi connectivity index (χ1) is 37.9. The van der Waals surface area contributed by atoms with Crippen molar-refractivity contribution in [3.05, 3.63) is 108 Å². The molecule has 8 aliphatic carbocycles. The topological polar surface area (TPSA) is 114 Å². The van der Waals surface area contributed by atoms with Crippen molar-refractivity contribution in [2.75, 3.05) is 0 Å². The fourth-order valence-electron chi connectivity index (χ4n) is 19.0. The van der Waals surface area contributed by atoms with Crippen LogP contribution >= 0.6 is 0 Å². The molecule has 6 unspecified atom stereocenters. The SMILES string of the molecule is CC(=O)[CH-]C(=O)c1ccccc1.CC(=O)[CH-]C(=O)c1ccccc1.CC(C)CCCC(C)[C@H]1CCC2[C@@H]3CC=C4C[C@@H]([O-])CC[C@]4(C)C3CC[C@@]21C.CC(C)CCCC(C)[C@H]1CCC2[C@@H]3CC=C4C[C@@H]([O-])CC[C@]4(C)C3CC[C@@]21C.[Ti+4]. The molecule has 6 saturated carbocycles. The number of carbonyl (C=O) groups is 4. The Morgan fingerprint density at radius 2 is 0.852 bits per heavy atom. The van der Waals surface area contributed by atoms with E-state index in [0.717, 1.165) is 122 Å². The van der Waals surface area contributed by atoms with Gasteiger partial charge in [-0.2, -0.15) is 0 Å². The molecule has 0 saturated heterocycles. The molecule has 8 aliphatic rings. The number of allylic oxidation sites excluding steroid dienone is 2. The predicted octanol–water partition coefficient (Wildman–Crippen LogP) is 16.8. The van der Waals surface area contributed by atoms with Crippen LogP contribution in [0.1, 0.15) is 245 Å². The van der Waals surface area contributed by atoms with Crippen LogP contribution in [0.2, 0.25) is 0 Å². The number of benzene rings is 2. The van der Waals surface area contributed by atoms with Crippen molar-refractivity contribution in [1.29, 1.82) is 0 Å². The molecular formula is C74H108O6Ti. The van der Waals surface area contributed by atoms with Gasteiger partial charge >= 0.3 is 21.7 Å². The molecule has 0 spiro atoms. The van der Waals surface area contributed by atoms with E-state index in [4.69, 9.17) is 0 Å². The average molecular weight is 1140 g/mol. The van der Waals surface area contributed by atoms with E-state index in [1.165, 1.54) is 117 Å². The van der Waals surface area contributed by atoms with Crippen LogP contribution in [0.5, 0.6) is 0 Å².